The normalized spacial score (nSPS) is 9.88. The minimum Gasteiger partial charge on any atom is -0.508 e. The Morgan fingerprint density at radius 2 is 1.02 bits per heavy atom. The van der Waals surface area contributed by atoms with E-state index in [-0.39, 0.29) is 32.3 Å². The zero-order valence-electron chi connectivity index (χ0n) is 25.1. The fourth-order valence-electron chi connectivity index (χ4n) is 2.61. The number of carbonyl (C=O) groups is 2. The van der Waals surface area contributed by atoms with Crippen LogP contribution in [0.4, 0.5) is 0 Å². The molecule has 0 aliphatic rings. The summed E-state index contributed by atoms with van der Waals surface area (Å²) in [6.07, 6.45) is 0.445. The number of para-hydroxylation sites is 2. The Bertz CT molecular complexity index is 867. The third-order valence-electron chi connectivity index (χ3n) is 4.61. The number of phenolic OH excluding ortho intramolecular Hbond substituents is 1. The smallest absolute Gasteiger partial charge is 0.304 e. The van der Waals surface area contributed by atoms with Gasteiger partial charge in [0.1, 0.15) is 18.1 Å². The van der Waals surface area contributed by atoms with E-state index in [0.29, 0.717) is 63.5 Å². The van der Waals surface area contributed by atoms with E-state index in [9.17, 15) is 9.59 Å². The van der Waals surface area contributed by atoms with Gasteiger partial charge in [-0.15, -0.1) is 0 Å². The molecule has 2 aromatic carbocycles. The molecule has 3 N–H and O–H groups in total. The summed E-state index contributed by atoms with van der Waals surface area (Å²) < 4.78 is 26.7. The average Bonchev–Trinajstić information content (AvgIpc) is 2.98. The molecular weight excluding hydrogens is 650 g/mol. The summed E-state index contributed by atoms with van der Waals surface area (Å²) >= 11 is 3.20. The largest absolute Gasteiger partial charge is 0.508 e. The molecule has 0 radical (unpaired) electrons. The number of benzene rings is 2. The van der Waals surface area contributed by atoms with Gasteiger partial charge in [0.2, 0.25) is 0 Å². The van der Waals surface area contributed by atoms with E-state index in [1.165, 1.54) is 0 Å². The topological polar surface area (TPSA) is 141 Å². The number of carboxylic acids is 2. The number of rotatable bonds is 23. The van der Waals surface area contributed by atoms with Gasteiger partial charge in [0.15, 0.2) is 0 Å². The van der Waals surface area contributed by atoms with Crippen LogP contribution in [0.5, 0.6) is 11.5 Å². The maximum Gasteiger partial charge on any atom is 0.304 e. The van der Waals surface area contributed by atoms with Crippen molar-refractivity contribution in [2.75, 3.05) is 82.5 Å². The maximum atomic E-state index is 10.3. The molecule has 0 saturated carbocycles. The quantitative estimate of drug-likeness (QED) is 0.107. The Balaban J connectivity index is 0. The number of carboxylic acid groups (broad SMARTS) is 2. The number of thioether (sulfide) groups is 2. The van der Waals surface area contributed by atoms with Crippen molar-refractivity contribution in [3.8, 4) is 11.5 Å². The zero-order chi connectivity index (χ0) is 30.9. The van der Waals surface area contributed by atoms with Gasteiger partial charge in [0, 0.05) is 49.1 Å². The van der Waals surface area contributed by atoms with Gasteiger partial charge in [-0.1, -0.05) is 36.4 Å². The second-order valence-corrected chi connectivity index (χ2v) is 10.5. The van der Waals surface area contributed by atoms with Crippen LogP contribution in [-0.2, 0) is 48.0 Å². The Hall–Kier alpha value is -1.86. The zero-order valence-corrected chi connectivity index (χ0v) is 29.7. The van der Waals surface area contributed by atoms with Crippen molar-refractivity contribution < 1.29 is 68.1 Å². The van der Waals surface area contributed by atoms with Gasteiger partial charge in [0.05, 0.1) is 59.1 Å². The molecule has 0 amide bonds. The number of ether oxygens (including phenoxy) is 5. The van der Waals surface area contributed by atoms with Crippen LogP contribution in [0.2, 0.25) is 0 Å². The van der Waals surface area contributed by atoms with Crippen molar-refractivity contribution in [3.63, 3.8) is 0 Å². The molecule has 240 valence electrons. The van der Waals surface area contributed by atoms with E-state index >= 15 is 0 Å². The van der Waals surface area contributed by atoms with Crippen LogP contribution in [-0.4, -0.2) is 110 Å². The first kappa shape index (κ1) is 43.3. The molecule has 2 aromatic rings. The van der Waals surface area contributed by atoms with Crippen LogP contribution in [0.15, 0.2) is 60.7 Å². The molecule has 13 heteroatoms. The van der Waals surface area contributed by atoms with Gasteiger partial charge >= 0.3 is 11.9 Å². The minimum atomic E-state index is -0.759. The van der Waals surface area contributed by atoms with E-state index in [4.69, 9.17) is 39.0 Å². The second kappa shape index (κ2) is 34.6. The fraction of sp³-hybridized carbons (Fsp3) is 0.533. The van der Waals surface area contributed by atoms with Crippen molar-refractivity contribution in [3.05, 3.63) is 60.7 Å². The Morgan fingerprint density at radius 3 is 1.44 bits per heavy atom. The van der Waals surface area contributed by atoms with Crippen molar-refractivity contribution in [2.45, 2.75) is 19.8 Å². The molecule has 0 aromatic heterocycles. The van der Waals surface area contributed by atoms with Gasteiger partial charge < -0.3 is 39.0 Å². The summed E-state index contributed by atoms with van der Waals surface area (Å²) in [7, 11) is 0. The number of phenols is 1. The standard InChI is InChI=1S/C17H26O6S.C7H14O3S.C6H6O.Zn/c18-17(19)6-14-24-15-13-22-10-9-20-7-8-21-11-12-23-16-4-2-1-3-5-16;1-2-10-4-6-11-5-3-7(8)9;7-6-4-2-1-3-5-6;/h1-5H,6-15H2,(H,18,19);2-6H2,1H3,(H,8,9);1-5,7H;. The summed E-state index contributed by atoms with van der Waals surface area (Å²) in [4.78, 5) is 20.3. The van der Waals surface area contributed by atoms with E-state index < -0.39 is 11.9 Å². The van der Waals surface area contributed by atoms with E-state index in [1.807, 2.05) is 43.3 Å². The molecule has 43 heavy (non-hydrogen) atoms. The summed E-state index contributed by atoms with van der Waals surface area (Å²) in [5.41, 5.74) is 0. The molecule has 0 aliphatic carbocycles. The van der Waals surface area contributed by atoms with E-state index in [1.54, 1.807) is 47.8 Å². The Morgan fingerprint density at radius 1 is 0.605 bits per heavy atom. The van der Waals surface area contributed by atoms with Crippen LogP contribution in [0.3, 0.4) is 0 Å². The van der Waals surface area contributed by atoms with Crippen LogP contribution in [0.1, 0.15) is 19.8 Å². The monoisotopic (exact) mass is 694 g/mol. The first-order valence-corrected chi connectivity index (χ1v) is 16.1. The third-order valence-corrected chi connectivity index (χ3v) is 6.50. The van der Waals surface area contributed by atoms with Gasteiger partial charge in [-0.3, -0.25) is 9.59 Å². The van der Waals surface area contributed by atoms with Crippen LogP contribution < -0.4 is 4.74 Å². The fourth-order valence-corrected chi connectivity index (χ4v) is 4.13. The molecule has 2 rings (SSSR count). The number of aliphatic carboxylic acids is 2. The van der Waals surface area contributed by atoms with Gasteiger partial charge in [-0.25, -0.2) is 0 Å². The summed E-state index contributed by atoms with van der Waals surface area (Å²) in [5, 5.41) is 25.4. The Labute approximate surface area is 276 Å². The molecule has 0 unspecified atom stereocenters. The predicted molar refractivity (Wildman–Crippen MR) is 168 cm³/mol. The van der Waals surface area contributed by atoms with Crippen LogP contribution >= 0.6 is 23.5 Å². The van der Waals surface area contributed by atoms with Crippen molar-refractivity contribution in [1.29, 1.82) is 0 Å². The molecule has 0 bridgehead atoms. The minimum absolute atomic E-state index is 0. The number of aromatic hydroxyl groups is 1. The molecule has 0 fully saturated rings. The maximum absolute atomic E-state index is 10.3. The van der Waals surface area contributed by atoms with E-state index in [0.717, 1.165) is 30.5 Å². The number of hydrogen-bond acceptors (Lipinski definition) is 10. The molecule has 0 saturated heterocycles. The molecular formula is C30H46O10S2Zn. The van der Waals surface area contributed by atoms with E-state index in [2.05, 4.69) is 0 Å². The van der Waals surface area contributed by atoms with Gasteiger partial charge in [-0.05, 0) is 31.2 Å². The molecule has 10 nitrogen and oxygen atoms in total. The second-order valence-electron chi connectivity index (χ2n) is 8.04. The van der Waals surface area contributed by atoms with Crippen molar-refractivity contribution in [1.82, 2.24) is 0 Å². The summed E-state index contributed by atoms with van der Waals surface area (Å²) in [5.74, 6) is 2.68. The SMILES string of the molecule is CCOCCSCCC(=O)O.O=C(O)CCSCCOCCOCCOCCOc1ccccc1.Oc1ccccc1.[Zn]. The molecule has 0 spiro atoms. The van der Waals surface area contributed by atoms with Crippen molar-refractivity contribution >= 4 is 35.5 Å². The third kappa shape index (κ3) is 36.2. The molecule has 0 aliphatic heterocycles. The first-order chi connectivity index (χ1) is 20.5. The summed E-state index contributed by atoms with van der Waals surface area (Å²) in [6, 6.07) is 18.3. The van der Waals surface area contributed by atoms with Gasteiger partial charge in [-0.2, -0.15) is 23.5 Å². The predicted octanol–water partition coefficient (Wildman–Crippen LogP) is 4.94. The first-order valence-electron chi connectivity index (χ1n) is 13.8. The van der Waals surface area contributed by atoms with Crippen LogP contribution in [0.25, 0.3) is 0 Å². The van der Waals surface area contributed by atoms with Crippen LogP contribution in [0, 0.1) is 0 Å². The Kier molecular flexibility index (Phi) is 34.9. The number of hydrogen-bond donors (Lipinski definition) is 3. The summed E-state index contributed by atoms with van der Waals surface area (Å²) in [6.45, 7) is 7.20. The molecule has 0 heterocycles. The average molecular weight is 696 g/mol. The van der Waals surface area contributed by atoms with Gasteiger partial charge in [0.25, 0.3) is 0 Å². The molecule has 0 atom stereocenters. The van der Waals surface area contributed by atoms with Crippen molar-refractivity contribution in [2.24, 2.45) is 0 Å².